The van der Waals surface area contributed by atoms with Crippen LogP contribution in [0.4, 0.5) is 0 Å². The lowest BCUT2D eigenvalue weighted by Gasteiger charge is -2.51. The Morgan fingerprint density at radius 2 is 1.70 bits per heavy atom. The molecule has 1 aromatic rings. The van der Waals surface area contributed by atoms with Gasteiger partial charge in [0.25, 0.3) is 0 Å². The van der Waals surface area contributed by atoms with E-state index in [0.29, 0.717) is 67.1 Å². The minimum absolute atomic E-state index is 0.00537. The van der Waals surface area contributed by atoms with E-state index in [9.17, 15) is 19.8 Å². The molecule has 7 aliphatic rings. The van der Waals surface area contributed by atoms with Gasteiger partial charge in [-0.15, -0.1) is 0 Å². The van der Waals surface area contributed by atoms with Crippen molar-refractivity contribution in [2.45, 2.75) is 204 Å². The van der Waals surface area contributed by atoms with Crippen molar-refractivity contribution < 1.29 is 71.9 Å². The summed E-state index contributed by atoms with van der Waals surface area (Å²) in [7, 11) is 3.22. The first kappa shape index (κ1) is 52.5. The Hall–Kier alpha value is -2.84. The molecule has 16 heteroatoms. The van der Waals surface area contributed by atoms with E-state index in [1.807, 2.05) is 19.1 Å². The third-order valence-electron chi connectivity index (χ3n) is 15.9. The van der Waals surface area contributed by atoms with E-state index < -0.39 is 103 Å². The third kappa shape index (κ3) is 11.1. The Morgan fingerprint density at radius 1 is 0.957 bits per heavy atom. The van der Waals surface area contributed by atoms with Gasteiger partial charge in [0.2, 0.25) is 0 Å². The van der Waals surface area contributed by atoms with E-state index in [-0.39, 0.29) is 24.7 Å². The van der Waals surface area contributed by atoms with Crippen molar-refractivity contribution in [2.75, 3.05) is 20.8 Å². The Morgan fingerprint density at radius 3 is 2.42 bits per heavy atom. The molecular weight excluding hydrogens is 909 g/mol. The largest absolute Gasteiger partial charge is 0.462 e. The number of carbonyl (C=O) groups is 2. The molecule has 15 nitrogen and oxygen atoms in total. The van der Waals surface area contributed by atoms with Crippen molar-refractivity contribution in [1.29, 1.82) is 0 Å². The highest BCUT2D eigenvalue weighted by atomic mass is 32.1. The number of thiophene rings is 1. The first-order valence-corrected chi connectivity index (χ1v) is 26.1. The van der Waals surface area contributed by atoms with Crippen LogP contribution in [0.2, 0.25) is 0 Å². The van der Waals surface area contributed by atoms with Gasteiger partial charge in [0.15, 0.2) is 24.5 Å². The summed E-state index contributed by atoms with van der Waals surface area (Å²) < 4.78 is 70.7. The highest BCUT2D eigenvalue weighted by molar-refractivity contribution is 7.08. The van der Waals surface area contributed by atoms with Crippen LogP contribution in [0.3, 0.4) is 0 Å². The van der Waals surface area contributed by atoms with Crippen LogP contribution in [0.15, 0.2) is 63.9 Å². The fourth-order valence-corrected chi connectivity index (χ4v) is 12.3. The van der Waals surface area contributed by atoms with Crippen LogP contribution in [0, 0.1) is 23.7 Å². The number of ether oxygens (including phenoxy) is 11. The molecule has 384 valence electrons. The smallest absolute Gasteiger partial charge is 0.339 e. The van der Waals surface area contributed by atoms with Crippen LogP contribution in [0.1, 0.15) is 117 Å². The van der Waals surface area contributed by atoms with Crippen molar-refractivity contribution in [3.63, 3.8) is 0 Å². The quantitative estimate of drug-likeness (QED) is 0.174. The van der Waals surface area contributed by atoms with Gasteiger partial charge in [-0.05, 0) is 80.5 Å². The van der Waals surface area contributed by atoms with E-state index in [4.69, 9.17) is 52.1 Å². The summed E-state index contributed by atoms with van der Waals surface area (Å²) in [4.78, 5) is 28.1. The minimum atomic E-state index is -1.90. The van der Waals surface area contributed by atoms with E-state index in [1.54, 1.807) is 57.0 Å². The van der Waals surface area contributed by atoms with Gasteiger partial charge < -0.3 is 62.3 Å². The zero-order valence-corrected chi connectivity index (χ0v) is 42.8. The maximum absolute atomic E-state index is 14.8. The molecule has 6 aliphatic heterocycles. The molecule has 0 radical (unpaired) electrons. The number of aliphatic hydroxyl groups is 2. The summed E-state index contributed by atoms with van der Waals surface area (Å²) in [6.45, 7) is 16.3. The molecule has 0 unspecified atom stereocenters. The van der Waals surface area contributed by atoms with Gasteiger partial charge in [0, 0.05) is 57.6 Å². The minimum Gasteiger partial charge on any atom is -0.462 e. The number of allylic oxidation sites excluding steroid dienone is 2. The van der Waals surface area contributed by atoms with Gasteiger partial charge in [-0.25, -0.2) is 4.79 Å². The second kappa shape index (κ2) is 22.1. The van der Waals surface area contributed by atoms with Crippen molar-refractivity contribution in [3.05, 3.63) is 69.5 Å². The standard InChI is InChI=1S/C53H76O15S/c1-11-28(2)46-31(5)17-19-52(68-46)25-38-22-37(67-52)16-15-30(4)45(64-43-24-41(59-10)48(34(8)62-43)65-42-23-40(58-9)44(54)33(7)61-42)29(3)13-12-14-36-26-60-49-47(66-50(55)35-18-20-69-27-35)32(6)21-39(51(56)63-38)53(36,49)57/h12-15,18,20-21,27-29,31,33-34,37-49,54,57H,11,16-17,19,22-26H2,1-10H3/b13-12+,30-15+,36-14+/t28-,29-,31-,33-,34-,37+,38-,39-,40-,41-,42-,43-,44-,45-,46+,47+,48-,49+,52+,53+/m0/s1. The maximum Gasteiger partial charge on any atom is 0.339 e. The van der Waals surface area contributed by atoms with Gasteiger partial charge >= 0.3 is 11.9 Å². The number of hydrogen-bond acceptors (Lipinski definition) is 16. The molecule has 5 saturated heterocycles. The fourth-order valence-electron chi connectivity index (χ4n) is 11.7. The van der Waals surface area contributed by atoms with Crippen LogP contribution < -0.4 is 0 Å². The monoisotopic (exact) mass is 984 g/mol. The van der Waals surface area contributed by atoms with E-state index >= 15 is 0 Å². The first-order valence-electron chi connectivity index (χ1n) is 25.2. The van der Waals surface area contributed by atoms with Crippen molar-refractivity contribution >= 4 is 23.3 Å². The number of aliphatic hydroxyl groups excluding tert-OH is 1. The van der Waals surface area contributed by atoms with Gasteiger partial charge in [0.1, 0.15) is 35.9 Å². The van der Waals surface area contributed by atoms with Crippen molar-refractivity contribution in [1.82, 2.24) is 0 Å². The molecule has 1 spiro atoms. The number of methoxy groups -OCH3 is 2. The number of esters is 2. The highest BCUT2D eigenvalue weighted by Gasteiger charge is 2.61. The first-order chi connectivity index (χ1) is 33.0. The number of fused-ring (bicyclic) bond motifs is 2. The van der Waals surface area contributed by atoms with Crippen LogP contribution in [-0.2, 0) is 56.9 Å². The second-order valence-corrected chi connectivity index (χ2v) is 21.5. The van der Waals surface area contributed by atoms with Gasteiger partial charge in [-0.3, -0.25) is 4.79 Å². The van der Waals surface area contributed by atoms with Gasteiger partial charge in [0.05, 0.1) is 54.9 Å². The summed E-state index contributed by atoms with van der Waals surface area (Å²) in [5.74, 6) is -2.86. The lowest BCUT2D eigenvalue weighted by atomic mass is 9.70. The SMILES string of the molecule is CC[C@H](C)[C@H]1O[C@]2(CC[C@@H]1C)C[C@@H]1C[C@@H](C/C=C(\C)[C@@H](O[C@H]3C[C@H](OC)[C@@H](O[C@H]4C[C@H](OC)[C@@H](O)[C@H](C)O4)[C@H](C)O3)[C@@H](C)/C=C/C=C3\CO[C@@H]4[C@H](OC(=O)c5ccsc5)C(C)=C[C@@H](C(=O)O1)[C@]34O)O2. The molecule has 8 rings (SSSR count). The summed E-state index contributed by atoms with van der Waals surface area (Å²) in [6.07, 6.45) is 6.22. The molecule has 2 bridgehead atoms. The average Bonchev–Trinajstić information content (AvgIpc) is 3.99. The van der Waals surface area contributed by atoms with Crippen LogP contribution in [0.5, 0.6) is 0 Å². The fraction of sp³-hybridized carbons (Fsp3) is 0.736. The summed E-state index contributed by atoms with van der Waals surface area (Å²) >= 11 is 1.38. The molecule has 2 N–H and O–H groups in total. The lowest BCUT2D eigenvalue weighted by Crippen LogP contribution is -2.59. The summed E-state index contributed by atoms with van der Waals surface area (Å²) in [5.41, 5.74) is 0.496. The molecule has 0 aromatic carbocycles. The molecule has 7 heterocycles. The third-order valence-corrected chi connectivity index (χ3v) is 16.6. The Labute approximate surface area is 411 Å². The lowest BCUT2D eigenvalue weighted by molar-refractivity contribution is -0.340. The molecular formula is C53H76O15S. The number of rotatable bonds is 10. The molecule has 1 aromatic heterocycles. The number of carbonyl (C=O) groups excluding carboxylic acids is 2. The highest BCUT2D eigenvalue weighted by Crippen LogP contribution is 2.49. The van der Waals surface area contributed by atoms with Crippen molar-refractivity contribution in [2.24, 2.45) is 23.7 Å². The van der Waals surface area contributed by atoms with E-state index in [1.165, 1.54) is 11.3 Å². The Balaban J connectivity index is 1.10. The normalized spacial score (nSPS) is 45.5. The molecule has 20 atom stereocenters. The van der Waals surface area contributed by atoms with Crippen LogP contribution >= 0.6 is 11.3 Å². The molecule has 5 fully saturated rings. The predicted molar refractivity (Wildman–Crippen MR) is 255 cm³/mol. The molecule has 0 saturated carbocycles. The summed E-state index contributed by atoms with van der Waals surface area (Å²) in [6, 6.07) is 1.69. The Bertz CT molecular complexity index is 2050. The average molecular weight is 985 g/mol. The van der Waals surface area contributed by atoms with E-state index in [2.05, 4.69) is 40.7 Å². The van der Waals surface area contributed by atoms with Gasteiger partial charge in [-0.2, -0.15) is 11.3 Å². The van der Waals surface area contributed by atoms with Crippen LogP contribution in [-0.4, -0.2) is 140 Å². The predicted octanol–water partition coefficient (Wildman–Crippen LogP) is 7.53. The summed E-state index contributed by atoms with van der Waals surface area (Å²) in [5, 5.41) is 27.1. The molecule has 0 amide bonds. The van der Waals surface area contributed by atoms with Crippen LogP contribution in [0.25, 0.3) is 0 Å². The number of hydrogen-bond donors (Lipinski definition) is 2. The van der Waals surface area contributed by atoms with Crippen molar-refractivity contribution in [3.8, 4) is 0 Å². The zero-order chi connectivity index (χ0) is 49.4. The maximum atomic E-state index is 14.8. The van der Waals surface area contributed by atoms with E-state index in [0.717, 1.165) is 18.4 Å². The Kier molecular flexibility index (Phi) is 16.8. The second-order valence-electron chi connectivity index (χ2n) is 20.7. The molecule has 1 aliphatic carbocycles. The van der Waals surface area contributed by atoms with Gasteiger partial charge in [-0.1, -0.05) is 64.5 Å². The zero-order valence-electron chi connectivity index (χ0n) is 42.0. The molecule has 69 heavy (non-hydrogen) atoms. The topological polar surface area (TPSA) is 176 Å².